The van der Waals surface area contributed by atoms with Crippen LogP contribution < -0.4 is 10.2 Å². The minimum Gasteiger partial charge on any atom is -0.508 e. The molecule has 3 aromatic carbocycles. The van der Waals surface area contributed by atoms with Gasteiger partial charge >= 0.3 is 0 Å². The average molecular weight is 372 g/mol. The number of fused-ring (bicyclic) bond motifs is 1. The summed E-state index contributed by atoms with van der Waals surface area (Å²) in [5, 5.41) is 12.0. The lowest BCUT2D eigenvalue weighted by atomic mass is 10.1. The van der Waals surface area contributed by atoms with E-state index in [9.17, 15) is 19.5 Å². The summed E-state index contributed by atoms with van der Waals surface area (Å²) in [4.78, 5) is 39.3. The van der Waals surface area contributed by atoms with Crippen molar-refractivity contribution in [1.29, 1.82) is 0 Å². The van der Waals surface area contributed by atoms with Crippen LogP contribution in [0, 0.1) is 6.92 Å². The number of nitrogens with one attached hydrogen (secondary N) is 1. The molecule has 2 N–H and O–H groups in total. The van der Waals surface area contributed by atoms with Crippen LogP contribution in [0.2, 0.25) is 0 Å². The fourth-order valence-electron chi connectivity index (χ4n) is 3.16. The summed E-state index contributed by atoms with van der Waals surface area (Å²) in [6, 6.07) is 17.6. The van der Waals surface area contributed by atoms with Crippen LogP contribution >= 0.6 is 0 Å². The monoisotopic (exact) mass is 372 g/mol. The van der Waals surface area contributed by atoms with Crippen molar-refractivity contribution in [3.8, 4) is 5.75 Å². The molecule has 0 spiro atoms. The number of imide groups is 1. The zero-order chi connectivity index (χ0) is 19.8. The second-order valence-corrected chi connectivity index (χ2v) is 6.49. The number of phenolic OH excluding ortho intramolecular Hbond substituents is 1. The zero-order valence-electron chi connectivity index (χ0n) is 15.0. The van der Waals surface area contributed by atoms with E-state index >= 15 is 0 Å². The lowest BCUT2D eigenvalue weighted by molar-refractivity contribution is 0.0925. The van der Waals surface area contributed by atoms with Crippen LogP contribution in [0.5, 0.6) is 5.75 Å². The van der Waals surface area contributed by atoms with E-state index in [1.807, 2.05) is 19.1 Å². The maximum Gasteiger partial charge on any atom is 0.266 e. The van der Waals surface area contributed by atoms with Crippen molar-refractivity contribution < 1.29 is 19.5 Å². The maximum atomic E-state index is 12.9. The molecule has 0 unspecified atom stereocenters. The van der Waals surface area contributed by atoms with Gasteiger partial charge in [-0.1, -0.05) is 18.2 Å². The predicted octanol–water partition coefficient (Wildman–Crippen LogP) is 3.75. The SMILES string of the molecule is Cc1ccccc1N1C(=O)c2ccc(C(=O)Nc3ccc(O)cc3)cc2C1=O. The second kappa shape index (κ2) is 6.66. The number of nitrogens with zero attached hydrogens (tertiary/aromatic N) is 1. The van der Waals surface area contributed by atoms with Gasteiger partial charge in [0.1, 0.15) is 5.75 Å². The Morgan fingerprint density at radius 2 is 1.57 bits per heavy atom. The number of aromatic hydroxyl groups is 1. The molecule has 0 saturated heterocycles. The van der Waals surface area contributed by atoms with Crippen LogP contribution in [0.15, 0.2) is 66.7 Å². The molecule has 0 atom stereocenters. The van der Waals surface area contributed by atoms with E-state index in [1.54, 1.807) is 24.3 Å². The van der Waals surface area contributed by atoms with Crippen LogP contribution in [0.1, 0.15) is 36.6 Å². The van der Waals surface area contributed by atoms with E-state index in [4.69, 9.17) is 0 Å². The standard InChI is InChI=1S/C22H16N2O4/c1-13-4-2-3-5-19(13)24-21(27)17-11-6-14(12-18(17)22(24)28)20(26)23-15-7-9-16(25)10-8-15/h2-12,25H,1H3,(H,23,26). The molecular formula is C22H16N2O4. The van der Waals surface area contributed by atoms with Gasteiger partial charge in [0.05, 0.1) is 16.8 Å². The summed E-state index contributed by atoms with van der Waals surface area (Å²) >= 11 is 0. The first-order chi connectivity index (χ1) is 13.5. The van der Waals surface area contributed by atoms with Gasteiger partial charge in [0, 0.05) is 11.3 Å². The molecule has 3 amide bonds. The van der Waals surface area contributed by atoms with Gasteiger partial charge in [-0.3, -0.25) is 14.4 Å². The summed E-state index contributed by atoms with van der Waals surface area (Å²) in [5.41, 5.74) is 2.58. The van der Waals surface area contributed by atoms with Crippen molar-refractivity contribution in [2.45, 2.75) is 6.92 Å². The van der Waals surface area contributed by atoms with E-state index in [-0.39, 0.29) is 22.4 Å². The van der Waals surface area contributed by atoms with E-state index in [1.165, 1.54) is 30.3 Å². The van der Waals surface area contributed by atoms with E-state index in [0.717, 1.165) is 10.5 Å². The number of carbonyl (C=O) groups is 3. The topological polar surface area (TPSA) is 86.7 Å². The number of phenols is 1. The van der Waals surface area contributed by atoms with Crippen molar-refractivity contribution in [2.75, 3.05) is 10.2 Å². The third-order valence-corrected chi connectivity index (χ3v) is 4.63. The van der Waals surface area contributed by atoms with Gasteiger partial charge in [0.25, 0.3) is 17.7 Å². The van der Waals surface area contributed by atoms with Crippen LogP contribution in [-0.4, -0.2) is 22.8 Å². The number of para-hydroxylation sites is 1. The number of amides is 3. The molecule has 6 nitrogen and oxygen atoms in total. The number of aryl methyl sites for hydroxylation is 1. The highest BCUT2D eigenvalue weighted by Gasteiger charge is 2.37. The molecule has 1 aliphatic rings. The molecule has 1 aliphatic heterocycles. The van der Waals surface area contributed by atoms with Crippen LogP contribution in [0.25, 0.3) is 0 Å². The minimum atomic E-state index is -0.450. The van der Waals surface area contributed by atoms with E-state index in [0.29, 0.717) is 11.4 Å². The number of rotatable bonds is 3. The lowest BCUT2D eigenvalue weighted by Gasteiger charge is -2.16. The Labute approximate surface area is 161 Å². The van der Waals surface area contributed by atoms with Gasteiger partial charge in [-0.2, -0.15) is 0 Å². The summed E-state index contributed by atoms with van der Waals surface area (Å²) in [6.45, 7) is 1.83. The molecule has 4 rings (SSSR count). The third-order valence-electron chi connectivity index (χ3n) is 4.63. The van der Waals surface area contributed by atoms with Crippen LogP contribution in [0.4, 0.5) is 11.4 Å². The first-order valence-corrected chi connectivity index (χ1v) is 8.64. The Morgan fingerprint density at radius 3 is 2.29 bits per heavy atom. The number of benzene rings is 3. The predicted molar refractivity (Wildman–Crippen MR) is 105 cm³/mol. The molecule has 1 heterocycles. The van der Waals surface area contributed by atoms with Crippen molar-refractivity contribution in [1.82, 2.24) is 0 Å². The third kappa shape index (κ3) is 2.91. The van der Waals surface area contributed by atoms with Crippen molar-refractivity contribution in [3.63, 3.8) is 0 Å². The Hall–Kier alpha value is -3.93. The Bertz CT molecular complexity index is 1120. The number of anilines is 2. The summed E-state index contributed by atoms with van der Waals surface area (Å²) in [5.74, 6) is -1.17. The molecule has 0 fully saturated rings. The summed E-state index contributed by atoms with van der Waals surface area (Å²) in [6.07, 6.45) is 0. The van der Waals surface area contributed by atoms with E-state index in [2.05, 4.69) is 5.32 Å². The normalized spacial score (nSPS) is 12.8. The van der Waals surface area contributed by atoms with Crippen molar-refractivity contribution in [3.05, 3.63) is 89.0 Å². The molecule has 0 bridgehead atoms. The largest absolute Gasteiger partial charge is 0.508 e. The zero-order valence-corrected chi connectivity index (χ0v) is 15.0. The molecule has 3 aromatic rings. The quantitative estimate of drug-likeness (QED) is 0.541. The summed E-state index contributed by atoms with van der Waals surface area (Å²) < 4.78 is 0. The molecule has 28 heavy (non-hydrogen) atoms. The molecule has 0 aromatic heterocycles. The van der Waals surface area contributed by atoms with Gasteiger partial charge in [-0.15, -0.1) is 0 Å². The van der Waals surface area contributed by atoms with Gasteiger partial charge in [0.15, 0.2) is 0 Å². The molecular weight excluding hydrogens is 356 g/mol. The molecule has 0 saturated carbocycles. The van der Waals surface area contributed by atoms with E-state index < -0.39 is 17.7 Å². The van der Waals surface area contributed by atoms with Crippen molar-refractivity contribution >= 4 is 29.1 Å². The van der Waals surface area contributed by atoms with Crippen LogP contribution in [0.3, 0.4) is 0 Å². The fraction of sp³-hybridized carbons (Fsp3) is 0.0455. The van der Waals surface area contributed by atoms with Crippen molar-refractivity contribution in [2.24, 2.45) is 0 Å². The first-order valence-electron chi connectivity index (χ1n) is 8.64. The Balaban J connectivity index is 1.64. The second-order valence-electron chi connectivity index (χ2n) is 6.49. The highest BCUT2D eigenvalue weighted by atomic mass is 16.3. The fourth-order valence-corrected chi connectivity index (χ4v) is 3.16. The highest BCUT2D eigenvalue weighted by molar-refractivity contribution is 6.35. The molecule has 138 valence electrons. The lowest BCUT2D eigenvalue weighted by Crippen LogP contribution is -2.29. The molecule has 6 heteroatoms. The van der Waals surface area contributed by atoms with Gasteiger partial charge in [-0.25, -0.2) is 4.90 Å². The summed E-state index contributed by atoms with van der Waals surface area (Å²) in [7, 11) is 0. The van der Waals surface area contributed by atoms with Gasteiger partial charge in [0.2, 0.25) is 0 Å². The smallest absolute Gasteiger partial charge is 0.266 e. The van der Waals surface area contributed by atoms with Crippen LogP contribution in [-0.2, 0) is 0 Å². The number of hydrogen-bond acceptors (Lipinski definition) is 4. The van der Waals surface area contributed by atoms with Gasteiger partial charge in [-0.05, 0) is 61.0 Å². The maximum absolute atomic E-state index is 12.9. The van der Waals surface area contributed by atoms with Gasteiger partial charge < -0.3 is 10.4 Å². The number of carbonyl (C=O) groups excluding carboxylic acids is 3. The highest BCUT2D eigenvalue weighted by Crippen LogP contribution is 2.31. The Kier molecular flexibility index (Phi) is 4.16. The first kappa shape index (κ1) is 17.5. The number of hydrogen-bond donors (Lipinski definition) is 2. The average Bonchev–Trinajstić information content (AvgIpc) is 2.94. The molecule has 0 radical (unpaired) electrons. The molecule has 0 aliphatic carbocycles. The minimum absolute atomic E-state index is 0.0935. The Morgan fingerprint density at radius 1 is 0.893 bits per heavy atom.